The van der Waals surface area contributed by atoms with Crippen molar-refractivity contribution in [2.75, 3.05) is 13.2 Å². The van der Waals surface area contributed by atoms with Gasteiger partial charge in [0.05, 0.1) is 0 Å². The molecule has 0 rings (SSSR count). The van der Waals surface area contributed by atoms with Gasteiger partial charge in [0, 0.05) is 19.3 Å². The molecule has 0 amide bonds. The maximum absolute atomic E-state index is 13.0. The van der Waals surface area contributed by atoms with Crippen molar-refractivity contribution in [2.45, 2.75) is 361 Å². The van der Waals surface area contributed by atoms with Crippen LogP contribution in [0.4, 0.5) is 0 Å². The van der Waals surface area contributed by atoms with E-state index in [1.54, 1.807) is 0 Å². The van der Waals surface area contributed by atoms with E-state index in [9.17, 15) is 14.4 Å². The Morgan fingerprint density at radius 3 is 0.735 bits per heavy atom. The third kappa shape index (κ3) is 69.0. The number of carbonyl (C=O) groups is 3. The van der Waals surface area contributed by atoms with Crippen molar-refractivity contribution in [1.82, 2.24) is 0 Å². The third-order valence-electron chi connectivity index (χ3n) is 15.5. The number of carbonyl (C=O) groups excluding carboxylic acids is 3. The molecule has 0 saturated carbocycles. The molecular formula is C77H134O6. The summed E-state index contributed by atoms with van der Waals surface area (Å²) < 4.78 is 17.0. The Morgan fingerprint density at radius 1 is 0.253 bits per heavy atom. The summed E-state index contributed by atoms with van der Waals surface area (Å²) in [7, 11) is 0. The molecule has 0 radical (unpaired) electrons. The summed E-state index contributed by atoms with van der Waals surface area (Å²) in [6.07, 6.45) is 95.7. The highest BCUT2D eigenvalue weighted by Gasteiger charge is 2.19. The first-order chi connectivity index (χ1) is 41.0. The van der Waals surface area contributed by atoms with E-state index in [0.717, 1.165) is 109 Å². The van der Waals surface area contributed by atoms with Crippen molar-refractivity contribution in [2.24, 2.45) is 0 Å². The number of hydrogen-bond acceptors (Lipinski definition) is 6. The molecule has 0 heterocycles. The summed E-state index contributed by atoms with van der Waals surface area (Å²) >= 11 is 0. The van der Waals surface area contributed by atoms with Gasteiger partial charge in [-0.05, 0) is 122 Å². The number of ether oxygens (including phenoxy) is 3. The van der Waals surface area contributed by atoms with Crippen LogP contribution in [0.5, 0.6) is 0 Å². The van der Waals surface area contributed by atoms with Gasteiger partial charge >= 0.3 is 17.9 Å². The zero-order chi connectivity index (χ0) is 59.9. The number of hydrogen-bond donors (Lipinski definition) is 0. The summed E-state index contributed by atoms with van der Waals surface area (Å²) in [4.78, 5) is 38.5. The van der Waals surface area contributed by atoms with E-state index >= 15 is 0 Å². The second kappa shape index (κ2) is 70.8. The van der Waals surface area contributed by atoms with Crippen molar-refractivity contribution >= 4 is 17.9 Å². The average molecular weight is 1160 g/mol. The zero-order valence-corrected chi connectivity index (χ0v) is 54.9. The molecule has 0 aliphatic rings. The molecular weight excluding hydrogens is 1020 g/mol. The molecule has 0 aliphatic heterocycles. The van der Waals surface area contributed by atoms with Crippen LogP contribution in [0.1, 0.15) is 355 Å². The van der Waals surface area contributed by atoms with Crippen molar-refractivity contribution in [3.63, 3.8) is 0 Å². The van der Waals surface area contributed by atoms with Gasteiger partial charge in [0.2, 0.25) is 0 Å². The lowest BCUT2D eigenvalue weighted by molar-refractivity contribution is -0.167. The van der Waals surface area contributed by atoms with Crippen LogP contribution in [0.15, 0.2) is 97.2 Å². The average Bonchev–Trinajstić information content (AvgIpc) is 3.49. The topological polar surface area (TPSA) is 78.9 Å². The van der Waals surface area contributed by atoms with Gasteiger partial charge in [0.1, 0.15) is 13.2 Å². The Kier molecular flexibility index (Phi) is 67.7. The molecule has 83 heavy (non-hydrogen) atoms. The van der Waals surface area contributed by atoms with Crippen LogP contribution >= 0.6 is 0 Å². The first-order valence-electron chi connectivity index (χ1n) is 35.7. The van der Waals surface area contributed by atoms with E-state index in [0.29, 0.717) is 19.3 Å². The van der Waals surface area contributed by atoms with Crippen LogP contribution < -0.4 is 0 Å². The molecule has 0 aromatic rings. The first-order valence-corrected chi connectivity index (χ1v) is 35.7. The minimum atomic E-state index is -0.792. The highest BCUT2D eigenvalue weighted by molar-refractivity contribution is 5.71. The smallest absolute Gasteiger partial charge is 0.306 e. The summed E-state index contributed by atoms with van der Waals surface area (Å²) in [6, 6.07) is 0. The van der Waals surface area contributed by atoms with Gasteiger partial charge < -0.3 is 14.2 Å². The van der Waals surface area contributed by atoms with E-state index in [-0.39, 0.29) is 31.1 Å². The molecule has 0 aromatic heterocycles. The van der Waals surface area contributed by atoms with Gasteiger partial charge in [-0.3, -0.25) is 14.4 Å². The molecule has 478 valence electrons. The standard InChI is InChI=1S/C77H134O6/c1-4-7-10-13-16-19-22-25-28-31-33-35-37-38-40-41-43-46-49-52-55-58-61-64-67-70-76(79)82-73-74(72-81-75(78)69-66-63-60-57-54-51-48-45-30-27-24-21-18-15-12-9-6-3)83-77(80)71-68-65-62-59-56-53-50-47-44-42-39-36-34-32-29-26-23-20-17-14-11-8-5-2/h9,12,18,21-23,25-27,30-34,48,51,74H,4-8,10-11,13-17,19-20,24,28-29,35-47,49-50,52-73H2,1-3H3/b12-9-,21-18-,25-22-,26-23-,30-27-,33-31-,34-32-,51-48-. The predicted molar refractivity (Wildman–Crippen MR) is 362 cm³/mol. The Morgan fingerprint density at radius 2 is 0.470 bits per heavy atom. The number of unbranched alkanes of at least 4 members (excludes halogenated alkanes) is 38. The number of esters is 3. The lowest BCUT2D eigenvalue weighted by Crippen LogP contribution is -2.30. The van der Waals surface area contributed by atoms with Gasteiger partial charge in [-0.15, -0.1) is 0 Å². The fourth-order valence-electron chi connectivity index (χ4n) is 10.2. The zero-order valence-electron chi connectivity index (χ0n) is 54.9. The summed E-state index contributed by atoms with van der Waals surface area (Å²) in [5.41, 5.74) is 0. The Balaban J connectivity index is 4.36. The molecule has 0 aromatic carbocycles. The fraction of sp³-hybridized carbons (Fsp3) is 0.753. The molecule has 0 fully saturated rings. The lowest BCUT2D eigenvalue weighted by atomic mass is 10.0. The molecule has 0 aliphatic carbocycles. The Hall–Kier alpha value is -3.67. The van der Waals surface area contributed by atoms with Gasteiger partial charge in [0.15, 0.2) is 6.10 Å². The van der Waals surface area contributed by atoms with E-state index in [2.05, 4.69) is 118 Å². The second-order valence-electron chi connectivity index (χ2n) is 23.8. The van der Waals surface area contributed by atoms with Gasteiger partial charge in [-0.25, -0.2) is 0 Å². The Bertz CT molecular complexity index is 1610. The monoisotopic (exact) mass is 1160 g/mol. The van der Waals surface area contributed by atoms with Crippen LogP contribution in [0.3, 0.4) is 0 Å². The van der Waals surface area contributed by atoms with E-state index in [1.165, 1.54) is 205 Å². The minimum absolute atomic E-state index is 0.0851. The van der Waals surface area contributed by atoms with Gasteiger partial charge in [0.25, 0.3) is 0 Å². The molecule has 0 N–H and O–H groups in total. The molecule has 0 bridgehead atoms. The SMILES string of the molecule is CC/C=C\C/C=C\C/C=C\C/C=C\CCCCCCC(=O)OCC(COC(=O)CCCCCCCCCCCCCCC/C=C\C/C=C\CCCCCCC)OC(=O)CCCCCCCCCCCCC/C=C\C/C=C\CCCCCCC. The fourth-order valence-corrected chi connectivity index (χ4v) is 10.2. The predicted octanol–water partition coefficient (Wildman–Crippen LogP) is 24.8. The minimum Gasteiger partial charge on any atom is -0.462 e. The molecule has 6 heteroatoms. The second-order valence-corrected chi connectivity index (χ2v) is 23.8. The van der Waals surface area contributed by atoms with Crippen LogP contribution in [0.2, 0.25) is 0 Å². The van der Waals surface area contributed by atoms with Crippen LogP contribution in [-0.4, -0.2) is 37.2 Å². The first kappa shape index (κ1) is 79.3. The lowest BCUT2D eigenvalue weighted by Gasteiger charge is -2.18. The van der Waals surface area contributed by atoms with Gasteiger partial charge in [-0.2, -0.15) is 0 Å². The maximum Gasteiger partial charge on any atom is 0.306 e. The van der Waals surface area contributed by atoms with Crippen LogP contribution in [0.25, 0.3) is 0 Å². The van der Waals surface area contributed by atoms with E-state index < -0.39 is 6.10 Å². The van der Waals surface area contributed by atoms with Crippen molar-refractivity contribution < 1.29 is 28.6 Å². The molecule has 0 spiro atoms. The Labute approximate surface area is 515 Å². The largest absolute Gasteiger partial charge is 0.462 e. The highest BCUT2D eigenvalue weighted by atomic mass is 16.6. The normalized spacial score (nSPS) is 12.7. The third-order valence-corrected chi connectivity index (χ3v) is 15.5. The summed E-state index contributed by atoms with van der Waals surface area (Å²) in [5.74, 6) is -0.896. The van der Waals surface area contributed by atoms with E-state index in [4.69, 9.17) is 14.2 Å². The molecule has 1 atom stereocenters. The molecule has 6 nitrogen and oxygen atoms in total. The van der Waals surface area contributed by atoms with Gasteiger partial charge in [-0.1, -0.05) is 311 Å². The van der Waals surface area contributed by atoms with Crippen molar-refractivity contribution in [3.8, 4) is 0 Å². The quantitative estimate of drug-likeness (QED) is 0.0261. The summed E-state index contributed by atoms with van der Waals surface area (Å²) in [5, 5.41) is 0. The summed E-state index contributed by atoms with van der Waals surface area (Å²) in [6.45, 7) is 6.53. The molecule has 1 unspecified atom stereocenters. The molecule has 0 saturated heterocycles. The van der Waals surface area contributed by atoms with Crippen LogP contribution in [0, 0.1) is 0 Å². The van der Waals surface area contributed by atoms with Crippen LogP contribution in [-0.2, 0) is 28.6 Å². The maximum atomic E-state index is 13.0. The van der Waals surface area contributed by atoms with E-state index in [1.807, 2.05) is 0 Å². The number of allylic oxidation sites excluding steroid dienone is 16. The highest BCUT2D eigenvalue weighted by Crippen LogP contribution is 2.17. The van der Waals surface area contributed by atoms with Crippen molar-refractivity contribution in [3.05, 3.63) is 97.2 Å². The van der Waals surface area contributed by atoms with Crippen molar-refractivity contribution in [1.29, 1.82) is 0 Å². The number of rotatable bonds is 65.